The van der Waals surface area contributed by atoms with E-state index in [9.17, 15) is 0 Å². The number of aliphatic hydroxyl groups is 1. The molecule has 0 radical (unpaired) electrons. The number of ether oxygens (including phenoxy) is 1. The van der Waals surface area contributed by atoms with Crippen molar-refractivity contribution in [2.24, 2.45) is 0 Å². The van der Waals surface area contributed by atoms with Crippen LogP contribution in [-0.2, 0) is 0 Å². The molecule has 4 rings (SSSR count). The van der Waals surface area contributed by atoms with Crippen LogP contribution in [0.1, 0.15) is 0 Å². The Morgan fingerprint density at radius 3 is 2.70 bits per heavy atom. The fourth-order valence-corrected chi connectivity index (χ4v) is 2.97. The largest absolute Gasteiger partial charge is 0.455 e. The van der Waals surface area contributed by atoms with Crippen LogP contribution in [0, 0.1) is 0 Å². The highest BCUT2D eigenvalue weighted by Crippen LogP contribution is 2.30. The zero-order valence-corrected chi connectivity index (χ0v) is 16.2. The van der Waals surface area contributed by atoms with E-state index in [-0.39, 0.29) is 6.61 Å². The van der Waals surface area contributed by atoms with Crippen LogP contribution in [0.15, 0.2) is 97.7 Å². The number of benzene rings is 2. The molecule has 0 bridgehead atoms. The van der Waals surface area contributed by atoms with Crippen molar-refractivity contribution in [1.82, 2.24) is 20.0 Å². The van der Waals surface area contributed by atoms with Crippen LogP contribution in [0.2, 0.25) is 0 Å². The van der Waals surface area contributed by atoms with Gasteiger partial charge in [-0.2, -0.15) is 0 Å². The molecule has 1 N–H and O–H groups in total. The first kappa shape index (κ1) is 19.3. The molecule has 0 spiro atoms. The topological polar surface area (TPSA) is 73.1 Å². The Morgan fingerprint density at radius 1 is 1.03 bits per heavy atom. The molecule has 0 aliphatic rings. The SMILES string of the molecule is C=C/C=C(\C=C/CO)n1cc(-c2ccc3cccc(Oc4ccccc4)c3n2)nn1. The lowest BCUT2D eigenvalue weighted by Crippen LogP contribution is -1.95. The first-order valence-corrected chi connectivity index (χ1v) is 9.44. The number of fused-ring (bicyclic) bond motifs is 1. The summed E-state index contributed by atoms with van der Waals surface area (Å²) in [6.45, 7) is 3.65. The van der Waals surface area contributed by atoms with Crippen molar-refractivity contribution in [2.45, 2.75) is 0 Å². The van der Waals surface area contributed by atoms with E-state index >= 15 is 0 Å². The Morgan fingerprint density at radius 2 is 1.90 bits per heavy atom. The van der Waals surface area contributed by atoms with Crippen molar-refractivity contribution in [2.75, 3.05) is 6.61 Å². The highest BCUT2D eigenvalue weighted by atomic mass is 16.5. The maximum Gasteiger partial charge on any atom is 0.153 e. The average molecular weight is 396 g/mol. The Bertz CT molecular complexity index is 1230. The lowest BCUT2D eigenvalue weighted by molar-refractivity contribution is 0.343. The third-order valence-electron chi connectivity index (χ3n) is 4.36. The van der Waals surface area contributed by atoms with Crippen molar-refractivity contribution in [3.63, 3.8) is 0 Å². The number of nitrogens with zero attached hydrogens (tertiary/aromatic N) is 4. The van der Waals surface area contributed by atoms with Crippen molar-refractivity contribution >= 4 is 16.6 Å². The summed E-state index contributed by atoms with van der Waals surface area (Å²) in [5, 5.41) is 18.4. The van der Waals surface area contributed by atoms with Gasteiger partial charge in [0.1, 0.15) is 17.0 Å². The van der Waals surface area contributed by atoms with Gasteiger partial charge in [-0.15, -0.1) is 5.10 Å². The minimum Gasteiger partial charge on any atom is -0.455 e. The Hall–Kier alpha value is -4.03. The second-order valence-electron chi connectivity index (χ2n) is 6.40. The number of para-hydroxylation sites is 2. The predicted molar refractivity (Wildman–Crippen MR) is 118 cm³/mol. The van der Waals surface area contributed by atoms with Gasteiger partial charge >= 0.3 is 0 Å². The van der Waals surface area contributed by atoms with Gasteiger partial charge in [-0.05, 0) is 36.4 Å². The molecule has 30 heavy (non-hydrogen) atoms. The Labute approximate surface area is 174 Å². The number of aromatic nitrogens is 4. The molecule has 0 aliphatic heterocycles. The monoisotopic (exact) mass is 396 g/mol. The molecule has 6 nitrogen and oxygen atoms in total. The van der Waals surface area contributed by atoms with Crippen molar-refractivity contribution in [1.29, 1.82) is 0 Å². The molecule has 2 aromatic carbocycles. The molecule has 0 amide bonds. The van der Waals surface area contributed by atoms with E-state index in [1.54, 1.807) is 35.2 Å². The van der Waals surface area contributed by atoms with Crippen molar-refractivity contribution < 1.29 is 9.84 Å². The summed E-state index contributed by atoms with van der Waals surface area (Å²) < 4.78 is 7.66. The number of pyridine rings is 1. The first-order valence-electron chi connectivity index (χ1n) is 9.44. The van der Waals surface area contributed by atoms with Crippen LogP contribution >= 0.6 is 0 Å². The minimum atomic E-state index is -0.0630. The zero-order chi connectivity index (χ0) is 20.8. The van der Waals surface area contributed by atoms with E-state index in [1.165, 1.54) is 0 Å². The maximum absolute atomic E-state index is 9.04. The molecule has 2 aromatic heterocycles. The summed E-state index contributed by atoms with van der Waals surface area (Å²) in [5.41, 5.74) is 2.78. The van der Waals surface area contributed by atoms with E-state index in [0.717, 1.165) is 22.3 Å². The second kappa shape index (κ2) is 8.98. The molecule has 6 heteroatoms. The molecule has 0 saturated carbocycles. The Balaban J connectivity index is 1.71. The van der Waals surface area contributed by atoms with Gasteiger partial charge in [0, 0.05) is 5.39 Å². The van der Waals surface area contributed by atoms with Crippen LogP contribution in [-0.4, -0.2) is 31.7 Å². The predicted octanol–water partition coefficient (Wildman–Crippen LogP) is 4.86. The standard InChI is InChI=1S/C24H20N4O2/c1-2-8-19(10-7-16-29)28-17-22(26-27-28)21-15-14-18-9-6-13-23(24(18)25-21)30-20-11-4-3-5-12-20/h2-15,17,29H,1,16H2/b10-7-,19-8+. The van der Waals surface area contributed by atoms with Gasteiger partial charge in [0.05, 0.1) is 24.2 Å². The van der Waals surface area contributed by atoms with Gasteiger partial charge in [0.15, 0.2) is 5.75 Å². The smallest absolute Gasteiger partial charge is 0.153 e. The molecule has 0 fully saturated rings. The second-order valence-corrected chi connectivity index (χ2v) is 6.40. The molecular formula is C24H20N4O2. The van der Waals surface area contributed by atoms with E-state index in [0.29, 0.717) is 17.1 Å². The lowest BCUT2D eigenvalue weighted by Gasteiger charge is -2.09. The van der Waals surface area contributed by atoms with Crippen LogP contribution in [0.3, 0.4) is 0 Å². The van der Waals surface area contributed by atoms with Crippen LogP contribution in [0.5, 0.6) is 11.5 Å². The Kier molecular flexibility index (Phi) is 5.78. The number of hydrogen-bond acceptors (Lipinski definition) is 5. The van der Waals surface area contributed by atoms with Gasteiger partial charge in [-0.1, -0.05) is 60.3 Å². The summed E-state index contributed by atoms with van der Waals surface area (Å²) in [4.78, 5) is 4.78. The van der Waals surface area contributed by atoms with E-state index in [1.807, 2.05) is 60.7 Å². The number of hydrogen-bond donors (Lipinski definition) is 1. The summed E-state index contributed by atoms with van der Waals surface area (Å²) >= 11 is 0. The molecule has 0 atom stereocenters. The summed E-state index contributed by atoms with van der Waals surface area (Å²) in [7, 11) is 0. The zero-order valence-electron chi connectivity index (χ0n) is 16.2. The maximum atomic E-state index is 9.04. The quantitative estimate of drug-likeness (QED) is 0.452. The molecule has 0 saturated heterocycles. The van der Waals surface area contributed by atoms with E-state index < -0.39 is 0 Å². The average Bonchev–Trinajstić information content (AvgIpc) is 3.27. The highest BCUT2D eigenvalue weighted by molar-refractivity contribution is 5.86. The third-order valence-corrected chi connectivity index (χ3v) is 4.36. The van der Waals surface area contributed by atoms with Crippen LogP contribution < -0.4 is 4.74 Å². The minimum absolute atomic E-state index is 0.0630. The van der Waals surface area contributed by atoms with Gasteiger partial charge in [-0.25, -0.2) is 9.67 Å². The van der Waals surface area contributed by atoms with E-state index in [2.05, 4.69) is 16.9 Å². The lowest BCUT2D eigenvalue weighted by atomic mass is 10.1. The van der Waals surface area contributed by atoms with Crippen molar-refractivity contribution in [3.8, 4) is 22.9 Å². The third kappa shape index (κ3) is 4.19. The number of aliphatic hydroxyl groups excluding tert-OH is 1. The van der Waals surface area contributed by atoms with Gasteiger partial charge in [0.2, 0.25) is 0 Å². The molecule has 4 aromatic rings. The number of rotatable bonds is 7. The van der Waals surface area contributed by atoms with Crippen LogP contribution in [0.4, 0.5) is 0 Å². The normalized spacial score (nSPS) is 11.8. The van der Waals surface area contributed by atoms with Gasteiger partial charge < -0.3 is 9.84 Å². The molecular weight excluding hydrogens is 376 g/mol. The molecule has 0 aliphatic carbocycles. The highest BCUT2D eigenvalue weighted by Gasteiger charge is 2.11. The van der Waals surface area contributed by atoms with Gasteiger partial charge in [-0.3, -0.25) is 0 Å². The summed E-state index contributed by atoms with van der Waals surface area (Å²) in [5.74, 6) is 1.42. The van der Waals surface area contributed by atoms with Crippen molar-refractivity contribution in [3.05, 3.63) is 97.7 Å². The summed E-state index contributed by atoms with van der Waals surface area (Å²) in [6, 6.07) is 19.3. The molecule has 2 heterocycles. The molecule has 148 valence electrons. The number of allylic oxidation sites excluding steroid dienone is 4. The van der Waals surface area contributed by atoms with Crippen LogP contribution in [0.25, 0.3) is 28.0 Å². The fraction of sp³-hybridized carbons (Fsp3) is 0.0417. The van der Waals surface area contributed by atoms with Gasteiger partial charge in [0.25, 0.3) is 0 Å². The first-order chi connectivity index (χ1) is 14.8. The fourth-order valence-electron chi connectivity index (χ4n) is 2.97. The molecule has 0 unspecified atom stereocenters. The summed E-state index contributed by atoms with van der Waals surface area (Å²) in [6.07, 6.45) is 8.59. The van der Waals surface area contributed by atoms with E-state index in [4.69, 9.17) is 14.8 Å².